The van der Waals surface area contributed by atoms with Crippen molar-refractivity contribution in [2.45, 2.75) is 23.0 Å². The summed E-state index contributed by atoms with van der Waals surface area (Å²) in [7, 11) is -3.29. The van der Waals surface area contributed by atoms with Crippen LogP contribution >= 0.6 is 11.3 Å². The second-order valence-electron chi connectivity index (χ2n) is 7.82. The number of halogens is 1. The van der Waals surface area contributed by atoms with Gasteiger partial charge < -0.3 is 11.1 Å². The number of amides is 1. The molecule has 1 saturated carbocycles. The maximum Gasteiger partial charge on any atom is 0.265 e. The quantitative estimate of drug-likeness (QED) is 0.381. The molecule has 0 aliphatic heterocycles. The second-order valence-corrected chi connectivity index (χ2v) is 11.1. The molecule has 1 amide bonds. The molecule has 162 valence electrons. The number of nitrogens with two attached hydrogens (primary N) is 1. The van der Waals surface area contributed by atoms with Crippen molar-refractivity contribution >= 4 is 48.5 Å². The maximum absolute atomic E-state index is 13.2. The minimum atomic E-state index is -3.29. The van der Waals surface area contributed by atoms with Crippen molar-refractivity contribution in [3.63, 3.8) is 0 Å². The predicted molar refractivity (Wildman–Crippen MR) is 126 cm³/mol. The van der Waals surface area contributed by atoms with Gasteiger partial charge in [0.2, 0.25) is 0 Å². The molecule has 1 fully saturated rings. The summed E-state index contributed by atoms with van der Waals surface area (Å²) in [6.45, 7) is 0. The van der Waals surface area contributed by atoms with Crippen LogP contribution < -0.4 is 11.1 Å². The van der Waals surface area contributed by atoms with Crippen LogP contribution in [0.1, 0.15) is 22.5 Å². The lowest BCUT2D eigenvalue weighted by atomic mass is 10.0. The van der Waals surface area contributed by atoms with E-state index in [1.165, 1.54) is 23.5 Å². The van der Waals surface area contributed by atoms with Crippen molar-refractivity contribution in [1.29, 1.82) is 0 Å². The molecule has 0 saturated heterocycles. The van der Waals surface area contributed by atoms with E-state index in [2.05, 4.69) is 5.32 Å². The van der Waals surface area contributed by atoms with Crippen LogP contribution in [0.25, 0.3) is 21.2 Å². The zero-order chi connectivity index (χ0) is 22.5. The van der Waals surface area contributed by atoms with E-state index in [0.29, 0.717) is 34.0 Å². The molecule has 5 rings (SSSR count). The lowest BCUT2D eigenvalue weighted by molar-refractivity contribution is 0.103. The summed E-state index contributed by atoms with van der Waals surface area (Å²) < 4.78 is 39.1. The number of carbonyl (C=O) groups excluding carboxylic acids is 1. The highest BCUT2D eigenvalue weighted by Crippen LogP contribution is 2.36. The van der Waals surface area contributed by atoms with Crippen molar-refractivity contribution in [1.82, 2.24) is 0 Å². The average Bonchev–Trinajstić information content (AvgIpc) is 3.55. The summed E-state index contributed by atoms with van der Waals surface area (Å²) in [4.78, 5) is 13.7. The number of hydrogen-bond acceptors (Lipinski definition) is 5. The molecule has 1 heterocycles. The van der Waals surface area contributed by atoms with Crippen molar-refractivity contribution in [2.75, 3.05) is 11.1 Å². The van der Waals surface area contributed by atoms with Gasteiger partial charge in [-0.05, 0) is 77.9 Å². The van der Waals surface area contributed by atoms with Crippen LogP contribution in [-0.4, -0.2) is 19.6 Å². The zero-order valence-corrected chi connectivity index (χ0v) is 18.5. The van der Waals surface area contributed by atoms with E-state index in [-0.39, 0.29) is 17.0 Å². The van der Waals surface area contributed by atoms with Gasteiger partial charge in [-0.25, -0.2) is 12.8 Å². The third-order valence-electron chi connectivity index (χ3n) is 5.48. The number of carbonyl (C=O) groups is 1. The molecule has 3 aromatic carbocycles. The highest BCUT2D eigenvalue weighted by molar-refractivity contribution is 7.92. The van der Waals surface area contributed by atoms with Crippen molar-refractivity contribution in [2.24, 2.45) is 0 Å². The smallest absolute Gasteiger partial charge is 0.265 e. The molecular formula is C24H19FN2O3S2. The summed E-state index contributed by atoms with van der Waals surface area (Å²) in [5.41, 5.74) is 8.50. The molecule has 0 spiro atoms. The number of nitrogens with one attached hydrogen (secondary N) is 1. The first kappa shape index (κ1) is 20.7. The van der Waals surface area contributed by atoms with Crippen molar-refractivity contribution in [3.8, 4) is 11.1 Å². The van der Waals surface area contributed by atoms with E-state index in [4.69, 9.17) is 5.73 Å². The van der Waals surface area contributed by atoms with E-state index in [1.807, 2.05) is 0 Å². The van der Waals surface area contributed by atoms with E-state index < -0.39 is 9.84 Å². The number of benzene rings is 3. The fourth-order valence-electron chi connectivity index (χ4n) is 3.55. The molecule has 4 aromatic rings. The van der Waals surface area contributed by atoms with Crippen LogP contribution in [-0.2, 0) is 9.84 Å². The highest BCUT2D eigenvalue weighted by atomic mass is 32.2. The first-order valence-electron chi connectivity index (χ1n) is 10.1. The van der Waals surface area contributed by atoms with E-state index in [9.17, 15) is 17.6 Å². The van der Waals surface area contributed by atoms with E-state index in [1.54, 1.807) is 54.6 Å². The Kier molecular flexibility index (Phi) is 4.98. The Morgan fingerprint density at radius 1 is 0.969 bits per heavy atom. The summed E-state index contributed by atoms with van der Waals surface area (Å²) >= 11 is 1.29. The summed E-state index contributed by atoms with van der Waals surface area (Å²) in [6.07, 6.45) is 1.41. The molecular weight excluding hydrogens is 447 g/mol. The fourth-order valence-corrected chi connectivity index (χ4v) is 6.18. The average molecular weight is 467 g/mol. The number of hydrogen-bond donors (Lipinski definition) is 2. The summed E-state index contributed by atoms with van der Waals surface area (Å²) in [5.74, 6) is -0.656. The third-order valence-corrected chi connectivity index (χ3v) is 8.86. The minimum Gasteiger partial charge on any atom is -0.397 e. The molecule has 1 aliphatic carbocycles. The molecule has 1 aliphatic rings. The van der Waals surface area contributed by atoms with Crippen LogP contribution in [0.3, 0.4) is 0 Å². The van der Waals surface area contributed by atoms with E-state index >= 15 is 0 Å². The number of anilines is 2. The Morgan fingerprint density at radius 2 is 1.69 bits per heavy atom. The Balaban J connectivity index is 1.42. The van der Waals surface area contributed by atoms with Crippen LogP contribution in [0.2, 0.25) is 0 Å². The minimum absolute atomic E-state index is 0.280. The molecule has 0 bridgehead atoms. The van der Waals surface area contributed by atoms with E-state index in [0.717, 1.165) is 21.2 Å². The normalized spacial score (nSPS) is 13.9. The second kappa shape index (κ2) is 7.72. The van der Waals surface area contributed by atoms with Crippen LogP contribution in [0.5, 0.6) is 0 Å². The first-order valence-corrected chi connectivity index (χ1v) is 12.4. The monoisotopic (exact) mass is 466 g/mol. The zero-order valence-electron chi connectivity index (χ0n) is 16.8. The maximum atomic E-state index is 13.2. The topological polar surface area (TPSA) is 89.3 Å². The summed E-state index contributed by atoms with van der Waals surface area (Å²) in [5, 5.41) is 3.27. The van der Waals surface area contributed by atoms with Crippen molar-refractivity contribution < 1.29 is 17.6 Å². The van der Waals surface area contributed by atoms with Gasteiger partial charge in [0.1, 0.15) is 5.82 Å². The SMILES string of the molecule is Nc1ccc(-c2ccc(F)cc2)cc1NC(=O)c1cc2cc(S(=O)(=O)C3CC3)ccc2s1. The largest absolute Gasteiger partial charge is 0.397 e. The van der Waals surface area contributed by atoms with Gasteiger partial charge >= 0.3 is 0 Å². The molecule has 0 radical (unpaired) electrons. The number of nitrogen functional groups attached to an aromatic ring is 1. The van der Waals surface area contributed by atoms with Gasteiger partial charge in [-0.15, -0.1) is 11.3 Å². The number of sulfone groups is 1. The van der Waals surface area contributed by atoms with Gasteiger partial charge in [-0.3, -0.25) is 4.79 Å². The Bertz CT molecular complexity index is 1460. The molecule has 1 aromatic heterocycles. The fraction of sp³-hybridized carbons (Fsp3) is 0.125. The number of fused-ring (bicyclic) bond motifs is 1. The standard InChI is InChI=1S/C24H19FN2O3S2/c25-17-4-1-14(2-5-17)15-3-9-20(26)21(12-15)27-24(28)23-13-16-11-19(8-10-22(16)31-23)32(29,30)18-6-7-18/h1-5,8-13,18H,6-7,26H2,(H,27,28). The number of rotatable bonds is 5. The predicted octanol–water partition coefficient (Wildman–Crippen LogP) is 5.48. The summed E-state index contributed by atoms with van der Waals surface area (Å²) in [6, 6.07) is 18.0. The van der Waals surface area contributed by atoms with Crippen LogP contribution in [0.15, 0.2) is 71.6 Å². The highest BCUT2D eigenvalue weighted by Gasteiger charge is 2.36. The number of thiophene rings is 1. The Labute approximate surface area is 188 Å². The third kappa shape index (κ3) is 3.87. The van der Waals surface area contributed by atoms with Gasteiger partial charge in [-0.2, -0.15) is 0 Å². The van der Waals surface area contributed by atoms with Crippen LogP contribution in [0.4, 0.5) is 15.8 Å². The molecule has 0 atom stereocenters. The molecule has 3 N–H and O–H groups in total. The molecule has 8 heteroatoms. The molecule has 5 nitrogen and oxygen atoms in total. The van der Waals surface area contributed by atoms with Crippen molar-refractivity contribution in [3.05, 3.63) is 77.4 Å². The van der Waals surface area contributed by atoms with Crippen LogP contribution in [0, 0.1) is 5.82 Å². The molecule has 0 unspecified atom stereocenters. The Morgan fingerprint density at radius 3 is 2.41 bits per heavy atom. The lowest BCUT2D eigenvalue weighted by Crippen LogP contribution is -2.11. The van der Waals surface area contributed by atoms with Gasteiger partial charge in [0.05, 0.1) is 26.4 Å². The Hall–Kier alpha value is -3.23. The molecule has 32 heavy (non-hydrogen) atoms. The van der Waals surface area contributed by atoms with Gasteiger partial charge in [0.25, 0.3) is 5.91 Å². The first-order chi connectivity index (χ1) is 15.3. The lowest BCUT2D eigenvalue weighted by Gasteiger charge is -2.10. The van der Waals surface area contributed by atoms with Gasteiger partial charge in [-0.1, -0.05) is 18.2 Å². The van der Waals surface area contributed by atoms with Gasteiger partial charge in [0, 0.05) is 4.70 Å². The van der Waals surface area contributed by atoms with Gasteiger partial charge in [0.15, 0.2) is 9.84 Å².